The highest BCUT2D eigenvalue weighted by molar-refractivity contribution is 5.76. The maximum Gasteiger partial charge on any atom is 0.305 e. The van der Waals surface area contributed by atoms with Crippen LogP contribution in [0.25, 0.3) is 0 Å². The lowest BCUT2D eigenvalue weighted by atomic mass is 10.0. The minimum Gasteiger partial charge on any atom is -0.466 e. The molecule has 2 unspecified atom stereocenters. The van der Waals surface area contributed by atoms with Gasteiger partial charge < -0.3 is 20.3 Å². The Hall–Kier alpha value is -1.92. The molecule has 6 heteroatoms. The van der Waals surface area contributed by atoms with E-state index in [-0.39, 0.29) is 18.5 Å². The number of unbranched alkanes of at least 4 members (excludes halogenated alkanes) is 54. The van der Waals surface area contributed by atoms with Gasteiger partial charge in [-0.2, -0.15) is 0 Å². The zero-order valence-corrected chi connectivity index (χ0v) is 54.8. The van der Waals surface area contributed by atoms with Gasteiger partial charge in [0.25, 0.3) is 0 Å². The highest BCUT2D eigenvalue weighted by Crippen LogP contribution is 2.19. The molecule has 0 radical (unpaired) electrons. The van der Waals surface area contributed by atoms with Crippen molar-refractivity contribution in [1.82, 2.24) is 5.32 Å². The van der Waals surface area contributed by atoms with E-state index in [1.807, 2.05) is 6.08 Å². The average molecular weight is 1140 g/mol. The van der Waals surface area contributed by atoms with Crippen molar-refractivity contribution in [2.75, 3.05) is 13.2 Å². The van der Waals surface area contributed by atoms with E-state index < -0.39 is 12.1 Å². The van der Waals surface area contributed by atoms with E-state index in [4.69, 9.17) is 4.74 Å². The maximum absolute atomic E-state index is 12.5. The number of rotatable bonds is 69. The third kappa shape index (κ3) is 67.1. The number of hydrogen-bond acceptors (Lipinski definition) is 5. The standard InChI is InChI=1S/C75H143NO5/c1-3-5-7-9-11-13-15-17-18-40-44-47-51-55-59-63-67-73(78)72(71-77)76-74(79)68-64-60-56-52-48-45-41-38-36-34-32-30-28-26-24-22-20-19-21-23-25-27-29-31-33-35-37-39-42-46-50-54-58-62-66-70-81-75(80)69-65-61-57-53-49-43-16-14-12-10-8-6-4-2/h14,16,21,23,63,67,72-73,77-78H,3-13,15,17-20,22,24-62,64-66,68-71H2,1-2H3,(H,76,79)/b16-14-,23-21-,67-63+. The van der Waals surface area contributed by atoms with Crippen molar-refractivity contribution in [1.29, 1.82) is 0 Å². The molecule has 0 aromatic heterocycles. The molecular formula is C75H143NO5. The second kappa shape index (κ2) is 70.6. The maximum atomic E-state index is 12.5. The zero-order chi connectivity index (χ0) is 58.5. The molecule has 0 bridgehead atoms. The number of aliphatic hydroxyl groups is 2. The Bertz CT molecular complexity index is 1310. The molecule has 2 atom stereocenters. The van der Waals surface area contributed by atoms with Gasteiger partial charge in [-0.1, -0.05) is 346 Å². The second-order valence-electron chi connectivity index (χ2n) is 25.3. The molecule has 0 heterocycles. The topological polar surface area (TPSA) is 95.9 Å². The van der Waals surface area contributed by atoms with Crippen LogP contribution in [0.1, 0.15) is 406 Å². The van der Waals surface area contributed by atoms with Crippen molar-refractivity contribution >= 4 is 11.9 Å². The van der Waals surface area contributed by atoms with Gasteiger partial charge in [0.15, 0.2) is 0 Å². The Labute approximate surface area is 506 Å². The quantitative estimate of drug-likeness (QED) is 0.0320. The summed E-state index contributed by atoms with van der Waals surface area (Å²) in [6.45, 7) is 4.92. The predicted octanol–water partition coefficient (Wildman–Crippen LogP) is 23.9. The average Bonchev–Trinajstić information content (AvgIpc) is 3.47. The van der Waals surface area contributed by atoms with Gasteiger partial charge in [0.1, 0.15) is 0 Å². The minimum atomic E-state index is -0.842. The molecule has 0 saturated carbocycles. The van der Waals surface area contributed by atoms with E-state index in [0.29, 0.717) is 19.4 Å². The van der Waals surface area contributed by atoms with Gasteiger partial charge in [-0.3, -0.25) is 9.59 Å². The first-order valence-electron chi connectivity index (χ1n) is 36.8. The van der Waals surface area contributed by atoms with Crippen LogP contribution in [0.3, 0.4) is 0 Å². The Morgan fingerprint density at radius 1 is 0.333 bits per heavy atom. The first kappa shape index (κ1) is 79.1. The molecule has 6 nitrogen and oxygen atoms in total. The molecule has 0 rings (SSSR count). The Balaban J connectivity index is 3.35. The van der Waals surface area contributed by atoms with Gasteiger partial charge in [-0.15, -0.1) is 0 Å². The number of allylic oxidation sites excluding steroid dienone is 5. The van der Waals surface area contributed by atoms with E-state index in [1.165, 1.54) is 334 Å². The monoisotopic (exact) mass is 1140 g/mol. The summed E-state index contributed by atoms with van der Waals surface area (Å²) in [6, 6.07) is -0.625. The molecule has 0 aliphatic carbocycles. The SMILES string of the molecule is CCCCCC/C=C\CCCCCCCC(=O)OCCCCCCCCCCCCCCCC/C=C\CCCCCCCCCCCCCCCCCCCC(=O)NC(CO)C(O)/C=C/CCCCCCCCCCCCCCCC. The third-order valence-corrected chi connectivity index (χ3v) is 17.1. The molecular weight excluding hydrogens is 995 g/mol. The largest absolute Gasteiger partial charge is 0.466 e. The van der Waals surface area contributed by atoms with Crippen LogP contribution in [0.4, 0.5) is 0 Å². The van der Waals surface area contributed by atoms with Crippen LogP contribution >= 0.6 is 0 Å². The van der Waals surface area contributed by atoms with Gasteiger partial charge >= 0.3 is 5.97 Å². The third-order valence-electron chi connectivity index (χ3n) is 17.1. The van der Waals surface area contributed by atoms with Crippen molar-refractivity contribution < 1.29 is 24.5 Å². The van der Waals surface area contributed by atoms with E-state index in [9.17, 15) is 19.8 Å². The lowest BCUT2D eigenvalue weighted by Gasteiger charge is -2.20. The van der Waals surface area contributed by atoms with Crippen molar-refractivity contribution in [2.45, 2.75) is 418 Å². The van der Waals surface area contributed by atoms with E-state index in [2.05, 4.69) is 43.5 Å². The molecule has 0 aliphatic heterocycles. The van der Waals surface area contributed by atoms with Crippen LogP contribution in [0.5, 0.6) is 0 Å². The molecule has 0 spiro atoms. The van der Waals surface area contributed by atoms with Crippen LogP contribution in [-0.4, -0.2) is 47.4 Å². The van der Waals surface area contributed by atoms with Gasteiger partial charge in [-0.25, -0.2) is 0 Å². The summed E-state index contributed by atoms with van der Waals surface area (Å²) in [5, 5.41) is 23.2. The van der Waals surface area contributed by atoms with Gasteiger partial charge in [0, 0.05) is 12.8 Å². The molecule has 3 N–H and O–H groups in total. The van der Waals surface area contributed by atoms with Crippen molar-refractivity contribution in [3.8, 4) is 0 Å². The first-order valence-corrected chi connectivity index (χ1v) is 36.8. The summed E-state index contributed by atoms with van der Waals surface area (Å²) < 4.78 is 5.48. The summed E-state index contributed by atoms with van der Waals surface area (Å²) in [6.07, 6.45) is 91.0. The normalized spacial score (nSPS) is 12.7. The Morgan fingerprint density at radius 3 is 0.889 bits per heavy atom. The summed E-state index contributed by atoms with van der Waals surface area (Å²) in [5.41, 5.74) is 0. The number of ether oxygens (including phenoxy) is 1. The molecule has 478 valence electrons. The highest BCUT2D eigenvalue weighted by Gasteiger charge is 2.18. The summed E-state index contributed by atoms with van der Waals surface area (Å²) in [5.74, 6) is -0.0507. The predicted molar refractivity (Wildman–Crippen MR) is 356 cm³/mol. The summed E-state index contributed by atoms with van der Waals surface area (Å²) >= 11 is 0. The molecule has 0 aromatic carbocycles. The van der Waals surface area contributed by atoms with E-state index >= 15 is 0 Å². The second-order valence-corrected chi connectivity index (χ2v) is 25.3. The van der Waals surface area contributed by atoms with Gasteiger partial charge in [0.2, 0.25) is 5.91 Å². The summed E-state index contributed by atoms with van der Waals surface area (Å²) in [4.78, 5) is 24.5. The number of aliphatic hydroxyl groups excluding tert-OH is 2. The first-order chi connectivity index (χ1) is 40.0. The number of amides is 1. The van der Waals surface area contributed by atoms with Crippen LogP contribution in [0.15, 0.2) is 36.5 Å². The Morgan fingerprint density at radius 2 is 0.580 bits per heavy atom. The fourth-order valence-electron chi connectivity index (χ4n) is 11.5. The van der Waals surface area contributed by atoms with Gasteiger partial charge in [0.05, 0.1) is 25.4 Å². The number of carbonyl (C=O) groups excluding carboxylic acids is 2. The molecule has 0 aliphatic rings. The lowest BCUT2D eigenvalue weighted by Crippen LogP contribution is -2.45. The van der Waals surface area contributed by atoms with Crippen molar-refractivity contribution in [3.05, 3.63) is 36.5 Å². The zero-order valence-electron chi connectivity index (χ0n) is 54.8. The van der Waals surface area contributed by atoms with Crippen LogP contribution in [-0.2, 0) is 14.3 Å². The minimum absolute atomic E-state index is 0.0110. The summed E-state index contributed by atoms with van der Waals surface area (Å²) in [7, 11) is 0. The highest BCUT2D eigenvalue weighted by atomic mass is 16.5. The Kier molecular flexibility index (Phi) is 68.9. The van der Waals surface area contributed by atoms with E-state index in [0.717, 1.165) is 44.9 Å². The molecule has 0 aromatic rings. The molecule has 81 heavy (non-hydrogen) atoms. The number of esters is 1. The molecule has 0 fully saturated rings. The van der Waals surface area contributed by atoms with Crippen molar-refractivity contribution in [3.63, 3.8) is 0 Å². The number of carbonyl (C=O) groups is 2. The van der Waals surface area contributed by atoms with Crippen LogP contribution in [0, 0.1) is 0 Å². The van der Waals surface area contributed by atoms with Crippen LogP contribution in [0.2, 0.25) is 0 Å². The van der Waals surface area contributed by atoms with Crippen molar-refractivity contribution in [2.24, 2.45) is 0 Å². The lowest BCUT2D eigenvalue weighted by molar-refractivity contribution is -0.143. The fraction of sp³-hybridized carbons (Fsp3) is 0.893. The van der Waals surface area contributed by atoms with E-state index in [1.54, 1.807) is 6.08 Å². The molecule has 1 amide bonds. The smallest absolute Gasteiger partial charge is 0.305 e. The number of hydrogen-bond donors (Lipinski definition) is 3. The van der Waals surface area contributed by atoms with Crippen LogP contribution < -0.4 is 5.32 Å². The molecule has 0 saturated heterocycles. The number of nitrogens with one attached hydrogen (secondary N) is 1. The van der Waals surface area contributed by atoms with Gasteiger partial charge in [-0.05, 0) is 83.5 Å². The fourth-order valence-corrected chi connectivity index (χ4v) is 11.5.